The van der Waals surface area contributed by atoms with E-state index in [0.717, 1.165) is 0 Å². The molecule has 1 saturated heterocycles. The molecule has 2 heterocycles. The molecule has 0 spiro atoms. The van der Waals surface area contributed by atoms with Crippen LogP contribution in [0.25, 0.3) is 0 Å². The number of amides is 1. The van der Waals surface area contributed by atoms with Gasteiger partial charge in [0.25, 0.3) is 5.91 Å². The number of hydrogen-bond donors (Lipinski definition) is 1. The van der Waals surface area contributed by atoms with Crippen molar-refractivity contribution in [3.63, 3.8) is 0 Å². The first-order valence-corrected chi connectivity index (χ1v) is 4.68. The molecule has 2 aliphatic rings. The van der Waals surface area contributed by atoms with Crippen LogP contribution in [0.3, 0.4) is 0 Å². The topological polar surface area (TPSA) is 76.1 Å². The SMILES string of the molecule is O=C(O)C1CCN1C(=O)C1=COCCO1. The van der Waals surface area contributed by atoms with Crippen molar-refractivity contribution in [3.05, 3.63) is 12.0 Å². The summed E-state index contributed by atoms with van der Waals surface area (Å²) in [5.74, 6) is -1.30. The first kappa shape index (κ1) is 9.82. The molecule has 15 heavy (non-hydrogen) atoms. The molecule has 0 saturated carbocycles. The van der Waals surface area contributed by atoms with Gasteiger partial charge in [-0.25, -0.2) is 4.79 Å². The highest BCUT2D eigenvalue weighted by molar-refractivity contribution is 5.95. The largest absolute Gasteiger partial charge is 0.494 e. The molecule has 0 aromatic heterocycles. The Kier molecular flexibility index (Phi) is 2.49. The fourth-order valence-electron chi connectivity index (χ4n) is 1.51. The van der Waals surface area contributed by atoms with Crippen LogP contribution in [0.4, 0.5) is 0 Å². The Morgan fingerprint density at radius 3 is 2.73 bits per heavy atom. The molecule has 0 aromatic rings. The zero-order chi connectivity index (χ0) is 10.8. The normalized spacial score (nSPS) is 24.4. The fraction of sp³-hybridized carbons (Fsp3) is 0.556. The number of ether oxygens (including phenoxy) is 2. The lowest BCUT2D eigenvalue weighted by Crippen LogP contribution is -2.55. The second-order valence-electron chi connectivity index (χ2n) is 3.34. The van der Waals surface area contributed by atoms with Crippen molar-refractivity contribution >= 4 is 11.9 Å². The maximum atomic E-state index is 11.7. The average Bonchev–Trinajstić information content (AvgIpc) is 2.16. The Morgan fingerprint density at radius 1 is 1.47 bits per heavy atom. The molecule has 1 N–H and O–H groups in total. The van der Waals surface area contributed by atoms with Crippen LogP contribution in [-0.2, 0) is 19.1 Å². The second kappa shape index (κ2) is 3.80. The van der Waals surface area contributed by atoms with Crippen molar-refractivity contribution in [2.45, 2.75) is 12.5 Å². The first-order valence-electron chi connectivity index (χ1n) is 4.68. The number of rotatable bonds is 2. The zero-order valence-electron chi connectivity index (χ0n) is 8.01. The van der Waals surface area contributed by atoms with Crippen LogP contribution in [0.5, 0.6) is 0 Å². The number of carboxylic acids is 1. The molecule has 1 fully saturated rings. The van der Waals surface area contributed by atoms with E-state index in [1.807, 2.05) is 0 Å². The minimum Gasteiger partial charge on any atom is -0.494 e. The quantitative estimate of drug-likeness (QED) is 0.673. The van der Waals surface area contributed by atoms with Gasteiger partial charge < -0.3 is 19.5 Å². The lowest BCUT2D eigenvalue weighted by molar-refractivity contribution is -0.157. The fourth-order valence-corrected chi connectivity index (χ4v) is 1.51. The first-order chi connectivity index (χ1) is 7.20. The van der Waals surface area contributed by atoms with Gasteiger partial charge in [-0.05, 0) is 6.42 Å². The smallest absolute Gasteiger partial charge is 0.326 e. The van der Waals surface area contributed by atoms with Gasteiger partial charge >= 0.3 is 5.97 Å². The van der Waals surface area contributed by atoms with Gasteiger partial charge in [-0.2, -0.15) is 0 Å². The van der Waals surface area contributed by atoms with E-state index in [4.69, 9.17) is 14.6 Å². The third kappa shape index (κ3) is 1.74. The summed E-state index contributed by atoms with van der Waals surface area (Å²) in [4.78, 5) is 23.6. The minimum absolute atomic E-state index is 0.0900. The van der Waals surface area contributed by atoms with E-state index in [1.165, 1.54) is 11.2 Å². The van der Waals surface area contributed by atoms with Crippen LogP contribution in [0, 0.1) is 0 Å². The predicted molar refractivity (Wildman–Crippen MR) is 47.7 cm³/mol. The van der Waals surface area contributed by atoms with Crippen molar-refractivity contribution in [1.29, 1.82) is 0 Å². The van der Waals surface area contributed by atoms with Gasteiger partial charge in [-0.1, -0.05) is 0 Å². The van der Waals surface area contributed by atoms with Crippen LogP contribution in [0.2, 0.25) is 0 Å². The molecule has 0 aliphatic carbocycles. The Hall–Kier alpha value is -1.72. The molecule has 1 atom stereocenters. The number of nitrogens with zero attached hydrogens (tertiary/aromatic N) is 1. The van der Waals surface area contributed by atoms with Gasteiger partial charge in [0.05, 0.1) is 0 Å². The summed E-state index contributed by atoms with van der Waals surface area (Å²) in [6.45, 7) is 1.19. The average molecular weight is 213 g/mol. The van der Waals surface area contributed by atoms with Gasteiger partial charge in [0.2, 0.25) is 5.76 Å². The third-order valence-corrected chi connectivity index (χ3v) is 2.43. The zero-order valence-corrected chi connectivity index (χ0v) is 8.01. The van der Waals surface area contributed by atoms with Crippen LogP contribution < -0.4 is 0 Å². The summed E-state index contributed by atoms with van der Waals surface area (Å²) in [6.07, 6.45) is 1.73. The van der Waals surface area contributed by atoms with Crippen LogP contribution in [0.15, 0.2) is 12.0 Å². The lowest BCUT2D eigenvalue weighted by Gasteiger charge is -2.38. The van der Waals surface area contributed by atoms with Gasteiger partial charge in [0.1, 0.15) is 25.5 Å². The van der Waals surface area contributed by atoms with Crippen molar-refractivity contribution in [1.82, 2.24) is 4.90 Å². The molecule has 0 radical (unpaired) electrons. The minimum atomic E-state index is -0.980. The molecule has 0 aromatic carbocycles. The van der Waals surface area contributed by atoms with Gasteiger partial charge in [-0.15, -0.1) is 0 Å². The maximum absolute atomic E-state index is 11.7. The van der Waals surface area contributed by atoms with E-state index in [1.54, 1.807) is 0 Å². The third-order valence-electron chi connectivity index (χ3n) is 2.43. The number of likely N-dealkylation sites (tertiary alicyclic amines) is 1. The molecule has 6 heteroatoms. The Balaban J connectivity index is 2.02. The molecule has 2 aliphatic heterocycles. The summed E-state index contributed by atoms with van der Waals surface area (Å²) in [5.41, 5.74) is 0. The standard InChI is InChI=1S/C9H11NO5/c11-8(7-5-14-3-4-15-7)10-2-1-6(10)9(12)13/h5-6H,1-4H2,(H,12,13). The van der Waals surface area contributed by atoms with Gasteiger partial charge in [-0.3, -0.25) is 4.79 Å². The van der Waals surface area contributed by atoms with E-state index in [9.17, 15) is 9.59 Å². The van der Waals surface area contributed by atoms with E-state index in [0.29, 0.717) is 26.2 Å². The van der Waals surface area contributed by atoms with Gasteiger partial charge in [0.15, 0.2) is 0 Å². The molecule has 1 amide bonds. The molecular formula is C9H11NO5. The predicted octanol–water partition coefficient (Wildman–Crippen LogP) is -0.440. The molecule has 0 bridgehead atoms. The van der Waals surface area contributed by atoms with E-state index < -0.39 is 17.9 Å². The van der Waals surface area contributed by atoms with E-state index in [-0.39, 0.29) is 5.76 Å². The molecule has 1 unspecified atom stereocenters. The number of carbonyl (C=O) groups is 2. The summed E-state index contributed by atoms with van der Waals surface area (Å²) < 4.78 is 10.0. The van der Waals surface area contributed by atoms with Crippen molar-refractivity contribution in [2.24, 2.45) is 0 Å². The van der Waals surface area contributed by atoms with E-state index >= 15 is 0 Å². The highest BCUT2D eigenvalue weighted by Gasteiger charge is 2.39. The summed E-state index contributed by atoms with van der Waals surface area (Å²) in [6, 6.07) is -0.719. The second-order valence-corrected chi connectivity index (χ2v) is 3.34. The van der Waals surface area contributed by atoms with E-state index in [2.05, 4.69) is 0 Å². The molecular weight excluding hydrogens is 202 g/mol. The molecule has 2 rings (SSSR count). The Morgan fingerprint density at radius 2 is 2.27 bits per heavy atom. The number of aliphatic carboxylic acids is 1. The van der Waals surface area contributed by atoms with Crippen LogP contribution in [-0.4, -0.2) is 47.7 Å². The summed E-state index contributed by atoms with van der Waals surface area (Å²) in [7, 11) is 0. The maximum Gasteiger partial charge on any atom is 0.326 e. The highest BCUT2D eigenvalue weighted by atomic mass is 16.6. The summed E-state index contributed by atoms with van der Waals surface area (Å²) >= 11 is 0. The number of carboxylic acid groups (broad SMARTS) is 1. The Bertz CT molecular complexity index is 324. The highest BCUT2D eigenvalue weighted by Crippen LogP contribution is 2.21. The monoisotopic (exact) mass is 213 g/mol. The number of hydrogen-bond acceptors (Lipinski definition) is 4. The Labute approximate surface area is 86.1 Å². The summed E-state index contributed by atoms with van der Waals surface area (Å²) in [5, 5.41) is 8.77. The lowest BCUT2D eigenvalue weighted by atomic mass is 10.0. The van der Waals surface area contributed by atoms with Crippen molar-refractivity contribution in [2.75, 3.05) is 19.8 Å². The van der Waals surface area contributed by atoms with Crippen LogP contribution >= 0.6 is 0 Å². The van der Waals surface area contributed by atoms with Crippen LogP contribution in [0.1, 0.15) is 6.42 Å². The molecule has 6 nitrogen and oxygen atoms in total. The van der Waals surface area contributed by atoms with Crippen molar-refractivity contribution in [3.8, 4) is 0 Å². The number of carbonyl (C=O) groups excluding carboxylic acids is 1. The van der Waals surface area contributed by atoms with Gasteiger partial charge in [0, 0.05) is 6.54 Å². The molecule has 82 valence electrons. The van der Waals surface area contributed by atoms with Crippen molar-refractivity contribution < 1.29 is 24.2 Å².